The summed E-state index contributed by atoms with van der Waals surface area (Å²) in [6, 6.07) is -0.0642. The maximum Gasteiger partial charge on any atom is 0.254 e. The van der Waals surface area contributed by atoms with Crippen molar-refractivity contribution in [1.29, 1.82) is 0 Å². The van der Waals surface area contributed by atoms with Crippen LogP contribution in [0.15, 0.2) is 0 Å². The molecule has 0 bridgehead atoms. The molecule has 3 saturated carbocycles. The lowest BCUT2D eigenvalue weighted by atomic mass is 9.75. The van der Waals surface area contributed by atoms with Crippen LogP contribution in [-0.4, -0.2) is 24.4 Å². The molecular weight excluding hydrogens is 274 g/mol. The van der Waals surface area contributed by atoms with Crippen LogP contribution in [0.25, 0.3) is 0 Å². The second-order valence-corrected chi connectivity index (χ2v) is 7.37. The molecule has 5 heteroatoms. The molecule has 0 heterocycles. The molecule has 1 atom stereocenters. The van der Waals surface area contributed by atoms with E-state index in [1.165, 1.54) is 25.7 Å². The van der Waals surface area contributed by atoms with Crippen molar-refractivity contribution in [3.05, 3.63) is 0 Å². The van der Waals surface area contributed by atoms with Gasteiger partial charge in [0.2, 0.25) is 5.91 Å². The molecule has 3 fully saturated rings. The maximum absolute atomic E-state index is 13.2. The highest BCUT2D eigenvalue weighted by molar-refractivity contribution is 5.79. The summed E-state index contributed by atoms with van der Waals surface area (Å²) < 4.78 is 26.3. The van der Waals surface area contributed by atoms with Gasteiger partial charge >= 0.3 is 0 Å². The van der Waals surface area contributed by atoms with Crippen LogP contribution in [-0.2, 0) is 4.79 Å². The predicted octanol–water partition coefficient (Wildman–Crippen LogP) is 2.84. The minimum Gasteiger partial charge on any atom is -0.353 e. The first-order valence-electron chi connectivity index (χ1n) is 8.36. The molecule has 0 aromatic carbocycles. The van der Waals surface area contributed by atoms with E-state index in [1.54, 1.807) is 0 Å². The maximum atomic E-state index is 13.2. The fraction of sp³-hybridized carbons (Fsp3) is 0.938. The number of hydrogen-bond acceptors (Lipinski definition) is 2. The van der Waals surface area contributed by atoms with Gasteiger partial charge < -0.3 is 11.1 Å². The number of nitrogens with one attached hydrogen (secondary N) is 1. The Bertz CT molecular complexity index is 399. The highest BCUT2D eigenvalue weighted by Gasteiger charge is 2.75. The number of nitrogens with two attached hydrogens (primary N) is 1. The second kappa shape index (κ2) is 5.49. The van der Waals surface area contributed by atoms with Gasteiger partial charge in [0.25, 0.3) is 5.92 Å². The fourth-order valence-corrected chi connectivity index (χ4v) is 4.34. The van der Waals surface area contributed by atoms with Crippen molar-refractivity contribution in [2.75, 3.05) is 6.54 Å². The van der Waals surface area contributed by atoms with E-state index in [2.05, 4.69) is 5.32 Å². The largest absolute Gasteiger partial charge is 0.353 e. The van der Waals surface area contributed by atoms with Gasteiger partial charge in [0.1, 0.15) is 0 Å². The Morgan fingerprint density at radius 3 is 2.24 bits per heavy atom. The van der Waals surface area contributed by atoms with Crippen LogP contribution >= 0.6 is 0 Å². The molecule has 3 aliphatic rings. The van der Waals surface area contributed by atoms with E-state index in [9.17, 15) is 13.6 Å². The van der Waals surface area contributed by atoms with Crippen molar-refractivity contribution in [1.82, 2.24) is 5.32 Å². The van der Waals surface area contributed by atoms with E-state index in [0.717, 1.165) is 12.8 Å². The van der Waals surface area contributed by atoms with Crippen LogP contribution in [0.3, 0.4) is 0 Å². The fourth-order valence-electron chi connectivity index (χ4n) is 4.34. The molecule has 1 amide bonds. The number of carbonyl (C=O) groups excluding carboxylic acids is 1. The van der Waals surface area contributed by atoms with Gasteiger partial charge in [-0.05, 0) is 31.6 Å². The van der Waals surface area contributed by atoms with Crippen molar-refractivity contribution in [2.24, 2.45) is 23.0 Å². The molecule has 1 unspecified atom stereocenters. The molecule has 0 radical (unpaired) electrons. The average Bonchev–Trinajstić information content (AvgIpc) is 3.04. The van der Waals surface area contributed by atoms with Crippen LogP contribution < -0.4 is 11.1 Å². The quantitative estimate of drug-likeness (QED) is 0.784. The topological polar surface area (TPSA) is 55.1 Å². The van der Waals surface area contributed by atoms with Gasteiger partial charge in [-0.15, -0.1) is 0 Å². The van der Waals surface area contributed by atoms with Crippen LogP contribution in [0.1, 0.15) is 57.8 Å². The highest BCUT2D eigenvalue weighted by Crippen LogP contribution is 2.70. The Morgan fingerprint density at radius 2 is 1.76 bits per heavy atom. The zero-order valence-corrected chi connectivity index (χ0v) is 12.5. The molecule has 3 aliphatic carbocycles. The molecule has 0 aromatic rings. The van der Waals surface area contributed by atoms with Crippen LogP contribution in [0.4, 0.5) is 8.78 Å². The summed E-state index contributed by atoms with van der Waals surface area (Å²) in [5.41, 5.74) is 5.05. The summed E-state index contributed by atoms with van der Waals surface area (Å²) in [5.74, 6) is -2.26. The summed E-state index contributed by atoms with van der Waals surface area (Å²) in [4.78, 5) is 12.4. The van der Waals surface area contributed by atoms with Crippen molar-refractivity contribution >= 4 is 5.91 Å². The third kappa shape index (κ3) is 2.81. The summed E-state index contributed by atoms with van der Waals surface area (Å²) in [5, 5.41) is 2.97. The first-order valence-corrected chi connectivity index (χ1v) is 8.36. The van der Waals surface area contributed by atoms with Crippen molar-refractivity contribution in [3.63, 3.8) is 0 Å². The minimum absolute atomic E-state index is 0.00628. The monoisotopic (exact) mass is 300 g/mol. The predicted molar refractivity (Wildman–Crippen MR) is 76.9 cm³/mol. The van der Waals surface area contributed by atoms with Crippen molar-refractivity contribution in [3.8, 4) is 0 Å². The lowest BCUT2D eigenvalue weighted by molar-refractivity contribution is -0.129. The van der Waals surface area contributed by atoms with E-state index >= 15 is 0 Å². The molecule has 120 valence electrons. The summed E-state index contributed by atoms with van der Waals surface area (Å²) in [7, 11) is 0. The highest BCUT2D eigenvalue weighted by atomic mass is 19.3. The van der Waals surface area contributed by atoms with Crippen LogP contribution in [0.5, 0.6) is 0 Å². The van der Waals surface area contributed by atoms with Crippen LogP contribution in [0.2, 0.25) is 0 Å². The van der Waals surface area contributed by atoms with E-state index in [1.807, 2.05) is 0 Å². The Morgan fingerprint density at radius 1 is 1.19 bits per heavy atom. The van der Waals surface area contributed by atoms with Gasteiger partial charge in [-0.3, -0.25) is 4.79 Å². The minimum atomic E-state index is -2.48. The zero-order valence-electron chi connectivity index (χ0n) is 12.5. The molecule has 0 aromatic heterocycles. The van der Waals surface area contributed by atoms with E-state index in [-0.39, 0.29) is 24.3 Å². The molecule has 21 heavy (non-hydrogen) atoms. The number of hydrogen-bond donors (Lipinski definition) is 2. The number of rotatable bonds is 4. The number of carbonyl (C=O) groups is 1. The van der Waals surface area contributed by atoms with E-state index in [4.69, 9.17) is 5.73 Å². The van der Waals surface area contributed by atoms with Crippen molar-refractivity contribution < 1.29 is 13.6 Å². The number of halogens is 2. The summed E-state index contributed by atoms with van der Waals surface area (Å²) in [6.45, 7) is 0.366. The van der Waals surface area contributed by atoms with E-state index in [0.29, 0.717) is 25.3 Å². The van der Waals surface area contributed by atoms with Gasteiger partial charge in [0.15, 0.2) is 0 Å². The summed E-state index contributed by atoms with van der Waals surface area (Å²) >= 11 is 0. The standard InChI is InChI=1S/C16H26F2N2O/c17-16(18)10-15(16)7-12(8-15)20-14(21)13(9-19)11-5-3-1-2-4-6-11/h11-13H,1-10,19H2,(H,20,21). The molecule has 1 spiro atoms. The van der Waals surface area contributed by atoms with Gasteiger partial charge in [0.05, 0.1) is 5.92 Å². The van der Waals surface area contributed by atoms with Gasteiger partial charge in [-0.25, -0.2) is 8.78 Å². The molecule has 3 rings (SSSR count). The number of amides is 1. The molecule has 3 N–H and O–H groups in total. The summed E-state index contributed by atoms with van der Waals surface area (Å²) in [6.07, 6.45) is 7.87. The Kier molecular flexibility index (Phi) is 3.97. The smallest absolute Gasteiger partial charge is 0.254 e. The second-order valence-electron chi connectivity index (χ2n) is 7.37. The van der Waals surface area contributed by atoms with Gasteiger partial charge in [-0.1, -0.05) is 25.7 Å². The van der Waals surface area contributed by atoms with Crippen LogP contribution in [0, 0.1) is 17.3 Å². The Hall–Kier alpha value is -0.710. The SMILES string of the molecule is NCC(C(=O)NC1CC2(C1)CC2(F)F)C1CCCCCC1. The lowest BCUT2D eigenvalue weighted by Gasteiger charge is -2.37. The van der Waals surface area contributed by atoms with Crippen molar-refractivity contribution in [2.45, 2.75) is 69.8 Å². The van der Waals surface area contributed by atoms with Gasteiger partial charge in [-0.2, -0.15) is 0 Å². The normalized spacial score (nSPS) is 36.6. The van der Waals surface area contributed by atoms with E-state index < -0.39 is 11.3 Å². The van der Waals surface area contributed by atoms with Gasteiger partial charge in [0, 0.05) is 24.4 Å². The molecular formula is C16H26F2N2O. The third-order valence-electron chi connectivity index (χ3n) is 5.89. The molecule has 0 aliphatic heterocycles. The number of alkyl halides is 2. The average molecular weight is 300 g/mol. The third-order valence-corrected chi connectivity index (χ3v) is 5.89. The Balaban J connectivity index is 1.49. The first kappa shape index (κ1) is 15.2. The molecule has 3 nitrogen and oxygen atoms in total. The molecule has 0 saturated heterocycles. The zero-order chi connectivity index (χ0) is 15.1. The first-order chi connectivity index (χ1) is 9.97. The lowest BCUT2D eigenvalue weighted by Crippen LogP contribution is -2.51. The Labute approximate surface area is 125 Å².